The third-order valence-corrected chi connectivity index (χ3v) is 3.44. The quantitative estimate of drug-likeness (QED) is 0.479. The Bertz CT molecular complexity index is 779. The molecule has 0 aliphatic rings. The highest BCUT2D eigenvalue weighted by Crippen LogP contribution is 2.26. The van der Waals surface area contributed by atoms with Crippen molar-refractivity contribution in [3.8, 4) is 11.8 Å². The van der Waals surface area contributed by atoms with Crippen LogP contribution in [0.5, 0.6) is 5.75 Å². The van der Waals surface area contributed by atoms with Crippen molar-refractivity contribution in [1.29, 1.82) is 5.26 Å². The van der Waals surface area contributed by atoms with E-state index in [2.05, 4.69) is 6.58 Å². The highest BCUT2D eigenvalue weighted by molar-refractivity contribution is 5.44. The molecule has 1 atom stereocenters. The highest BCUT2D eigenvalue weighted by Gasteiger charge is 2.13. The highest BCUT2D eigenvalue weighted by atomic mass is 16.6. The molecule has 0 saturated carbocycles. The van der Waals surface area contributed by atoms with Gasteiger partial charge in [0.15, 0.2) is 0 Å². The Morgan fingerprint density at radius 2 is 2.04 bits per heavy atom. The summed E-state index contributed by atoms with van der Waals surface area (Å²) in [6, 6.07) is 12.9. The van der Waals surface area contributed by atoms with E-state index in [-0.39, 0.29) is 12.3 Å². The number of benzene rings is 2. The Labute approximate surface area is 139 Å². The molecule has 1 unspecified atom stereocenters. The summed E-state index contributed by atoms with van der Waals surface area (Å²) in [6.07, 6.45) is 1.18. The summed E-state index contributed by atoms with van der Waals surface area (Å²) in [5.74, 6) is 0.466. The summed E-state index contributed by atoms with van der Waals surface area (Å²) in [5, 5.41) is 29.8. The minimum Gasteiger partial charge on any atom is -0.490 e. The van der Waals surface area contributed by atoms with E-state index >= 15 is 0 Å². The van der Waals surface area contributed by atoms with Crippen LogP contribution in [0.15, 0.2) is 55.1 Å². The number of non-ortho nitro benzene ring substituents is 1. The standard InChI is InChI=1S/C18H16N2O4/c1-2-3-15-10-16(20(22)23)8-9-18(15)24-12-17(21)14-6-4-13(11-19)5-7-14/h2,4-10,17,21H,1,3,12H2. The first-order valence-corrected chi connectivity index (χ1v) is 7.24. The zero-order valence-electron chi connectivity index (χ0n) is 12.9. The Morgan fingerprint density at radius 3 is 2.62 bits per heavy atom. The second-order valence-corrected chi connectivity index (χ2v) is 5.10. The second-order valence-electron chi connectivity index (χ2n) is 5.10. The van der Waals surface area contributed by atoms with E-state index in [1.165, 1.54) is 18.2 Å². The molecule has 0 heterocycles. The number of aliphatic hydroxyl groups excluding tert-OH is 1. The summed E-state index contributed by atoms with van der Waals surface area (Å²) in [5.41, 5.74) is 1.75. The smallest absolute Gasteiger partial charge is 0.269 e. The fourth-order valence-corrected chi connectivity index (χ4v) is 2.18. The average Bonchev–Trinajstić information content (AvgIpc) is 2.60. The minimum atomic E-state index is -0.871. The Hall–Kier alpha value is -3.17. The van der Waals surface area contributed by atoms with Crippen molar-refractivity contribution in [3.05, 3.63) is 81.9 Å². The van der Waals surface area contributed by atoms with Crippen molar-refractivity contribution in [2.45, 2.75) is 12.5 Å². The van der Waals surface area contributed by atoms with Crippen molar-refractivity contribution in [3.63, 3.8) is 0 Å². The van der Waals surface area contributed by atoms with Gasteiger partial charge in [-0.2, -0.15) is 5.26 Å². The van der Waals surface area contributed by atoms with E-state index in [1.807, 2.05) is 6.07 Å². The normalized spacial score (nSPS) is 11.3. The molecule has 122 valence electrons. The van der Waals surface area contributed by atoms with Crippen molar-refractivity contribution in [2.75, 3.05) is 6.61 Å². The van der Waals surface area contributed by atoms with E-state index in [0.29, 0.717) is 28.9 Å². The van der Waals surface area contributed by atoms with E-state index in [4.69, 9.17) is 10.00 Å². The molecule has 6 heteroatoms. The molecule has 2 aromatic carbocycles. The number of nitro benzene ring substituents is 1. The van der Waals surface area contributed by atoms with Gasteiger partial charge >= 0.3 is 0 Å². The molecule has 0 saturated heterocycles. The summed E-state index contributed by atoms with van der Waals surface area (Å²) in [4.78, 5) is 10.4. The Balaban J connectivity index is 2.11. The third-order valence-electron chi connectivity index (χ3n) is 3.44. The second kappa shape index (κ2) is 7.90. The van der Waals surface area contributed by atoms with Crippen LogP contribution in [0.25, 0.3) is 0 Å². The molecule has 6 nitrogen and oxygen atoms in total. The molecule has 0 aliphatic heterocycles. The maximum Gasteiger partial charge on any atom is 0.269 e. The third kappa shape index (κ3) is 4.18. The topological polar surface area (TPSA) is 96.4 Å². The molecule has 0 radical (unpaired) electrons. The summed E-state index contributed by atoms with van der Waals surface area (Å²) >= 11 is 0. The van der Waals surface area contributed by atoms with Crippen LogP contribution in [0.3, 0.4) is 0 Å². The molecule has 0 amide bonds. The average molecular weight is 324 g/mol. The summed E-state index contributed by atoms with van der Waals surface area (Å²) in [6.45, 7) is 3.62. The molecule has 0 spiro atoms. The SMILES string of the molecule is C=CCc1cc([N+](=O)[O-])ccc1OCC(O)c1ccc(C#N)cc1. The Morgan fingerprint density at radius 1 is 1.33 bits per heavy atom. The van der Waals surface area contributed by atoms with Gasteiger partial charge in [0.2, 0.25) is 0 Å². The molecule has 2 rings (SSSR count). The van der Waals surface area contributed by atoms with Gasteiger partial charge in [0, 0.05) is 17.7 Å². The molecule has 2 aromatic rings. The first kappa shape index (κ1) is 17.2. The predicted molar refractivity (Wildman–Crippen MR) is 88.6 cm³/mol. The molecule has 0 aromatic heterocycles. The number of allylic oxidation sites excluding steroid dienone is 1. The molecule has 1 N–H and O–H groups in total. The van der Waals surface area contributed by atoms with Crippen molar-refractivity contribution in [1.82, 2.24) is 0 Å². The van der Waals surface area contributed by atoms with Gasteiger partial charge in [-0.3, -0.25) is 10.1 Å². The number of aliphatic hydroxyl groups is 1. The van der Waals surface area contributed by atoms with Gasteiger partial charge in [-0.05, 0) is 30.2 Å². The first-order valence-electron chi connectivity index (χ1n) is 7.24. The number of ether oxygens (including phenoxy) is 1. The van der Waals surface area contributed by atoms with Gasteiger partial charge in [-0.15, -0.1) is 6.58 Å². The van der Waals surface area contributed by atoms with E-state index in [1.54, 1.807) is 30.3 Å². The summed E-state index contributed by atoms with van der Waals surface area (Å²) in [7, 11) is 0. The number of nitriles is 1. The van der Waals surface area contributed by atoms with Crippen LogP contribution in [0, 0.1) is 21.4 Å². The first-order chi connectivity index (χ1) is 11.5. The van der Waals surface area contributed by atoms with Crippen LogP contribution < -0.4 is 4.74 Å². The van der Waals surface area contributed by atoms with Crippen molar-refractivity contribution < 1.29 is 14.8 Å². The monoisotopic (exact) mass is 324 g/mol. The molecular formula is C18H16N2O4. The molecule has 0 fully saturated rings. The zero-order valence-corrected chi connectivity index (χ0v) is 12.9. The fourth-order valence-electron chi connectivity index (χ4n) is 2.18. The maximum atomic E-state index is 10.8. The lowest BCUT2D eigenvalue weighted by Crippen LogP contribution is -2.10. The summed E-state index contributed by atoms with van der Waals surface area (Å²) < 4.78 is 5.61. The van der Waals surface area contributed by atoms with Crippen LogP contribution in [-0.4, -0.2) is 16.6 Å². The van der Waals surface area contributed by atoms with Crippen LogP contribution in [0.1, 0.15) is 22.8 Å². The minimum absolute atomic E-state index is 0.00610. The van der Waals surface area contributed by atoms with Gasteiger partial charge in [0.1, 0.15) is 18.5 Å². The van der Waals surface area contributed by atoms with Crippen LogP contribution in [0.2, 0.25) is 0 Å². The lowest BCUT2D eigenvalue weighted by atomic mass is 10.1. The van der Waals surface area contributed by atoms with Crippen LogP contribution in [0.4, 0.5) is 5.69 Å². The Kier molecular flexibility index (Phi) is 5.66. The van der Waals surface area contributed by atoms with E-state index in [0.717, 1.165) is 0 Å². The lowest BCUT2D eigenvalue weighted by molar-refractivity contribution is -0.384. The maximum absolute atomic E-state index is 10.8. The van der Waals surface area contributed by atoms with Gasteiger partial charge in [-0.1, -0.05) is 18.2 Å². The molecule has 0 bridgehead atoms. The van der Waals surface area contributed by atoms with Gasteiger partial charge in [0.05, 0.1) is 16.6 Å². The van der Waals surface area contributed by atoms with E-state index < -0.39 is 11.0 Å². The van der Waals surface area contributed by atoms with Crippen LogP contribution in [-0.2, 0) is 6.42 Å². The lowest BCUT2D eigenvalue weighted by Gasteiger charge is -2.15. The zero-order chi connectivity index (χ0) is 17.5. The van der Waals surface area contributed by atoms with Gasteiger partial charge in [-0.25, -0.2) is 0 Å². The van der Waals surface area contributed by atoms with E-state index in [9.17, 15) is 15.2 Å². The number of rotatable bonds is 7. The molecule has 0 aliphatic carbocycles. The molecular weight excluding hydrogens is 308 g/mol. The van der Waals surface area contributed by atoms with Gasteiger partial charge < -0.3 is 9.84 Å². The largest absolute Gasteiger partial charge is 0.490 e. The number of hydrogen-bond acceptors (Lipinski definition) is 5. The predicted octanol–water partition coefficient (Wildman–Crippen LogP) is 3.31. The van der Waals surface area contributed by atoms with Crippen molar-refractivity contribution in [2.24, 2.45) is 0 Å². The van der Waals surface area contributed by atoms with Crippen LogP contribution >= 0.6 is 0 Å². The number of nitro groups is 1. The number of hydrogen-bond donors (Lipinski definition) is 1. The molecule has 24 heavy (non-hydrogen) atoms. The fraction of sp³-hybridized carbons (Fsp3) is 0.167. The van der Waals surface area contributed by atoms with Gasteiger partial charge in [0.25, 0.3) is 5.69 Å². The van der Waals surface area contributed by atoms with Crippen molar-refractivity contribution >= 4 is 5.69 Å². The number of nitrogens with zero attached hydrogens (tertiary/aromatic N) is 2.